The lowest BCUT2D eigenvalue weighted by Gasteiger charge is -2.32. The molecular formula is C20H26N4S. The zero-order valence-electron chi connectivity index (χ0n) is 14.9. The third-order valence-corrected chi connectivity index (χ3v) is 5.86. The number of hydrogen-bond acceptors (Lipinski definition) is 2. The molecule has 0 spiro atoms. The molecule has 2 fully saturated rings. The first-order chi connectivity index (χ1) is 12.1. The van der Waals surface area contributed by atoms with E-state index in [0.717, 1.165) is 10.8 Å². The topological polar surface area (TPSA) is 33.1 Å². The van der Waals surface area contributed by atoms with Crippen LogP contribution in [0.3, 0.4) is 0 Å². The first-order valence-corrected chi connectivity index (χ1v) is 9.73. The van der Waals surface area contributed by atoms with Crippen LogP contribution < -0.4 is 5.32 Å². The number of rotatable bonds is 4. The summed E-state index contributed by atoms with van der Waals surface area (Å²) in [5.74, 6) is 0. The standard InChI is InChI=1S/C20H26N4S/c1-14(2)23-12-10-15(13-23)19-18(17-9-5-6-11-21-17)22-20(25)24(19)16-7-3-4-8-16/h5-6,9-14,16,18-19H,3-4,7-8H2,1-2H3,(H,22,25). The fourth-order valence-electron chi connectivity index (χ4n) is 4.22. The molecule has 0 amide bonds. The van der Waals surface area contributed by atoms with E-state index in [4.69, 9.17) is 12.2 Å². The van der Waals surface area contributed by atoms with Gasteiger partial charge in [0.25, 0.3) is 0 Å². The van der Waals surface area contributed by atoms with E-state index in [1.807, 2.05) is 12.3 Å². The molecule has 2 aromatic heterocycles. The summed E-state index contributed by atoms with van der Waals surface area (Å²) in [6, 6.07) is 9.70. The van der Waals surface area contributed by atoms with Gasteiger partial charge in [-0.25, -0.2) is 0 Å². The second-order valence-electron chi connectivity index (χ2n) is 7.46. The van der Waals surface area contributed by atoms with Gasteiger partial charge in [-0.15, -0.1) is 0 Å². The van der Waals surface area contributed by atoms with Crippen LogP contribution in [0.15, 0.2) is 42.9 Å². The molecule has 1 saturated heterocycles. The van der Waals surface area contributed by atoms with Gasteiger partial charge < -0.3 is 14.8 Å². The summed E-state index contributed by atoms with van der Waals surface area (Å²) in [7, 11) is 0. The Balaban J connectivity index is 1.74. The van der Waals surface area contributed by atoms with Gasteiger partial charge in [-0.2, -0.15) is 0 Å². The van der Waals surface area contributed by atoms with Gasteiger partial charge in [-0.05, 0) is 62.7 Å². The fraction of sp³-hybridized carbons (Fsp3) is 0.500. The van der Waals surface area contributed by atoms with Crippen molar-refractivity contribution < 1.29 is 0 Å². The van der Waals surface area contributed by atoms with E-state index >= 15 is 0 Å². The van der Waals surface area contributed by atoms with Crippen molar-refractivity contribution in [3.05, 3.63) is 54.1 Å². The van der Waals surface area contributed by atoms with Gasteiger partial charge in [0, 0.05) is 30.7 Å². The summed E-state index contributed by atoms with van der Waals surface area (Å²) in [4.78, 5) is 7.08. The Kier molecular flexibility index (Phi) is 4.50. The number of hydrogen-bond donors (Lipinski definition) is 1. The predicted octanol–water partition coefficient (Wildman–Crippen LogP) is 4.38. The zero-order chi connectivity index (χ0) is 17.4. The van der Waals surface area contributed by atoms with E-state index in [2.05, 4.69) is 64.2 Å². The molecule has 1 saturated carbocycles. The maximum atomic E-state index is 5.77. The maximum absolute atomic E-state index is 5.77. The Morgan fingerprint density at radius 2 is 2.00 bits per heavy atom. The second-order valence-corrected chi connectivity index (χ2v) is 7.84. The van der Waals surface area contributed by atoms with E-state index in [1.165, 1.54) is 31.2 Å². The van der Waals surface area contributed by atoms with Crippen molar-refractivity contribution in [1.82, 2.24) is 19.8 Å². The third-order valence-electron chi connectivity index (χ3n) is 5.53. The molecule has 0 bridgehead atoms. The molecule has 1 N–H and O–H groups in total. The second kappa shape index (κ2) is 6.79. The third kappa shape index (κ3) is 3.06. The number of nitrogens with one attached hydrogen (secondary N) is 1. The first kappa shape index (κ1) is 16.6. The Morgan fingerprint density at radius 1 is 1.20 bits per heavy atom. The van der Waals surface area contributed by atoms with Crippen LogP contribution in [-0.4, -0.2) is 25.6 Å². The van der Waals surface area contributed by atoms with Crippen LogP contribution in [0.1, 0.15) is 68.9 Å². The lowest BCUT2D eigenvalue weighted by Crippen LogP contribution is -2.37. The number of pyridine rings is 1. The number of nitrogens with zero attached hydrogens (tertiary/aromatic N) is 3. The summed E-state index contributed by atoms with van der Waals surface area (Å²) >= 11 is 5.77. The van der Waals surface area contributed by atoms with Crippen molar-refractivity contribution >= 4 is 17.3 Å². The van der Waals surface area contributed by atoms with Crippen LogP contribution in [0.4, 0.5) is 0 Å². The van der Waals surface area contributed by atoms with Crippen molar-refractivity contribution in [2.75, 3.05) is 0 Å². The van der Waals surface area contributed by atoms with Crippen LogP contribution in [0.2, 0.25) is 0 Å². The van der Waals surface area contributed by atoms with E-state index in [9.17, 15) is 0 Å². The smallest absolute Gasteiger partial charge is 0.170 e. The van der Waals surface area contributed by atoms with Crippen LogP contribution in [0, 0.1) is 0 Å². The molecule has 2 atom stereocenters. The van der Waals surface area contributed by atoms with Crippen LogP contribution >= 0.6 is 12.2 Å². The lowest BCUT2D eigenvalue weighted by molar-refractivity contribution is 0.245. The molecule has 3 heterocycles. The van der Waals surface area contributed by atoms with Gasteiger partial charge >= 0.3 is 0 Å². The van der Waals surface area contributed by atoms with E-state index in [1.54, 1.807) is 0 Å². The first-order valence-electron chi connectivity index (χ1n) is 9.32. The van der Waals surface area contributed by atoms with Gasteiger partial charge in [-0.1, -0.05) is 18.9 Å². The van der Waals surface area contributed by atoms with E-state index in [-0.39, 0.29) is 12.1 Å². The average Bonchev–Trinajstić information content (AvgIpc) is 3.34. The molecule has 1 aliphatic carbocycles. The summed E-state index contributed by atoms with van der Waals surface area (Å²) < 4.78 is 2.28. The van der Waals surface area contributed by atoms with Crippen molar-refractivity contribution in [1.29, 1.82) is 0 Å². The van der Waals surface area contributed by atoms with Gasteiger partial charge in [0.15, 0.2) is 5.11 Å². The predicted molar refractivity (Wildman–Crippen MR) is 104 cm³/mol. The highest BCUT2D eigenvalue weighted by Crippen LogP contribution is 2.42. The molecule has 2 aromatic rings. The van der Waals surface area contributed by atoms with Gasteiger partial charge in [-0.3, -0.25) is 4.98 Å². The van der Waals surface area contributed by atoms with Gasteiger partial charge in [0.05, 0.1) is 17.8 Å². The molecule has 2 unspecified atom stereocenters. The molecule has 2 aliphatic rings. The molecule has 4 rings (SSSR count). The highest BCUT2D eigenvalue weighted by Gasteiger charge is 2.43. The Labute approximate surface area is 155 Å². The van der Waals surface area contributed by atoms with Gasteiger partial charge in [0.1, 0.15) is 0 Å². The van der Waals surface area contributed by atoms with Crippen molar-refractivity contribution in [2.45, 2.75) is 63.7 Å². The highest BCUT2D eigenvalue weighted by molar-refractivity contribution is 7.80. The van der Waals surface area contributed by atoms with Crippen molar-refractivity contribution in [3.63, 3.8) is 0 Å². The molecule has 25 heavy (non-hydrogen) atoms. The summed E-state index contributed by atoms with van der Waals surface area (Å²) in [6.07, 6.45) is 11.4. The minimum atomic E-state index is 0.109. The van der Waals surface area contributed by atoms with E-state index < -0.39 is 0 Å². The normalized spacial score (nSPS) is 24.3. The molecular weight excluding hydrogens is 328 g/mol. The van der Waals surface area contributed by atoms with Crippen LogP contribution in [0.5, 0.6) is 0 Å². The Hall–Kier alpha value is -1.88. The number of aromatic nitrogens is 2. The van der Waals surface area contributed by atoms with Crippen LogP contribution in [-0.2, 0) is 0 Å². The molecule has 5 heteroatoms. The monoisotopic (exact) mass is 354 g/mol. The largest absolute Gasteiger partial charge is 0.352 e. The fourth-order valence-corrected chi connectivity index (χ4v) is 4.61. The molecule has 1 aliphatic heterocycles. The summed E-state index contributed by atoms with van der Waals surface area (Å²) in [5.41, 5.74) is 2.39. The SMILES string of the molecule is CC(C)n1ccc(C2C(c3ccccn3)NC(=S)N2C2CCCC2)c1. The molecule has 132 valence electrons. The highest BCUT2D eigenvalue weighted by atomic mass is 32.1. The van der Waals surface area contributed by atoms with Crippen molar-refractivity contribution in [3.8, 4) is 0 Å². The number of thiocarbonyl (C=S) groups is 1. The van der Waals surface area contributed by atoms with Crippen LogP contribution in [0.25, 0.3) is 0 Å². The quantitative estimate of drug-likeness (QED) is 0.826. The Morgan fingerprint density at radius 3 is 2.64 bits per heavy atom. The minimum absolute atomic E-state index is 0.109. The molecule has 0 radical (unpaired) electrons. The Bertz CT molecular complexity index is 733. The summed E-state index contributed by atoms with van der Waals surface area (Å²) in [6.45, 7) is 4.43. The average molecular weight is 355 g/mol. The molecule has 0 aromatic carbocycles. The van der Waals surface area contributed by atoms with E-state index in [0.29, 0.717) is 12.1 Å². The lowest BCUT2D eigenvalue weighted by atomic mass is 9.97. The minimum Gasteiger partial charge on any atom is -0.352 e. The van der Waals surface area contributed by atoms with Crippen molar-refractivity contribution in [2.24, 2.45) is 0 Å². The maximum Gasteiger partial charge on any atom is 0.170 e. The zero-order valence-corrected chi connectivity index (χ0v) is 15.7. The molecule has 4 nitrogen and oxygen atoms in total. The summed E-state index contributed by atoms with van der Waals surface area (Å²) in [5, 5.41) is 4.45. The van der Waals surface area contributed by atoms with Gasteiger partial charge in [0.2, 0.25) is 0 Å².